The van der Waals surface area contributed by atoms with Crippen LogP contribution in [-0.2, 0) is 6.54 Å². The number of hydrogen-bond donors (Lipinski definition) is 2. The van der Waals surface area contributed by atoms with E-state index in [2.05, 4.69) is 25.6 Å². The first kappa shape index (κ1) is 14.6. The zero-order valence-electron chi connectivity index (χ0n) is 11.1. The summed E-state index contributed by atoms with van der Waals surface area (Å²) in [4.78, 5) is 16.0. The lowest BCUT2D eigenvalue weighted by molar-refractivity contribution is 0.102. The minimum absolute atomic E-state index is 0.192. The van der Waals surface area contributed by atoms with E-state index in [1.54, 1.807) is 23.0 Å². The number of aromatic nitrogens is 5. The lowest BCUT2D eigenvalue weighted by Crippen LogP contribution is -2.15. The lowest BCUT2D eigenvalue weighted by Gasteiger charge is -2.01. The summed E-state index contributed by atoms with van der Waals surface area (Å²) in [7, 11) is 0. The van der Waals surface area contributed by atoms with Crippen LogP contribution in [0.1, 0.15) is 16.1 Å². The van der Waals surface area contributed by atoms with Crippen molar-refractivity contribution in [3.8, 4) is 0 Å². The molecule has 0 bridgehead atoms. The highest BCUT2D eigenvalue weighted by Gasteiger charge is 2.14. The molecule has 112 valence electrons. The third-order valence-corrected chi connectivity index (χ3v) is 3.66. The molecule has 0 aliphatic heterocycles. The highest BCUT2D eigenvalue weighted by molar-refractivity contribution is 14.1. The smallest absolute Gasteiger partial charge is 0.277 e. The monoisotopic (exact) mass is 412 g/mol. The fraction of sp³-hybridized carbons (Fsp3) is 0.0769. The zero-order valence-corrected chi connectivity index (χ0v) is 13.3. The normalized spacial score (nSPS) is 10.6. The van der Waals surface area contributed by atoms with Crippen LogP contribution in [0.15, 0.2) is 36.8 Å². The van der Waals surface area contributed by atoms with Gasteiger partial charge in [0.25, 0.3) is 5.91 Å². The lowest BCUT2D eigenvalue weighted by atomic mass is 10.2. The molecule has 0 aliphatic carbocycles. The highest BCUT2D eigenvalue weighted by Crippen LogP contribution is 2.10. The van der Waals surface area contributed by atoms with Crippen molar-refractivity contribution < 1.29 is 9.18 Å². The van der Waals surface area contributed by atoms with Crippen LogP contribution in [-0.4, -0.2) is 30.9 Å². The van der Waals surface area contributed by atoms with Crippen LogP contribution < -0.4 is 5.32 Å². The Morgan fingerprint density at radius 2 is 2.14 bits per heavy atom. The van der Waals surface area contributed by atoms with Crippen LogP contribution in [0, 0.1) is 9.39 Å². The highest BCUT2D eigenvalue weighted by atomic mass is 127. The molecule has 22 heavy (non-hydrogen) atoms. The second kappa shape index (κ2) is 6.22. The van der Waals surface area contributed by atoms with Crippen molar-refractivity contribution >= 4 is 34.4 Å². The minimum Gasteiger partial charge on any atom is -0.288 e. The molecule has 0 radical (unpaired) electrons. The van der Waals surface area contributed by atoms with E-state index in [1.807, 2.05) is 22.6 Å². The summed E-state index contributed by atoms with van der Waals surface area (Å²) in [6, 6.07) is 6.11. The van der Waals surface area contributed by atoms with Gasteiger partial charge in [-0.1, -0.05) is 12.1 Å². The third-order valence-electron chi connectivity index (χ3n) is 2.84. The van der Waals surface area contributed by atoms with E-state index in [1.165, 1.54) is 18.5 Å². The number of carbonyl (C=O) groups is 1. The van der Waals surface area contributed by atoms with Crippen molar-refractivity contribution in [2.24, 2.45) is 0 Å². The molecule has 1 aromatic carbocycles. The zero-order chi connectivity index (χ0) is 15.5. The van der Waals surface area contributed by atoms with Crippen LogP contribution in [0.4, 0.5) is 10.3 Å². The standard InChI is InChI=1S/C13H10FIN6O/c14-9-3-1-8(2-4-9)6-21-7-16-13(20-21)18-12(22)11-10(15)5-17-19-11/h1-5,7H,6H2,(H,17,19)(H,18,20,22). The van der Waals surface area contributed by atoms with E-state index < -0.39 is 0 Å². The Morgan fingerprint density at radius 1 is 1.36 bits per heavy atom. The summed E-state index contributed by atoms with van der Waals surface area (Å²) in [5.41, 5.74) is 1.24. The first-order chi connectivity index (χ1) is 10.6. The van der Waals surface area contributed by atoms with Crippen LogP contribution in [0.2, 0.25) is 0 Å². The first-order valence-electron chi connectivity index (χ1n) is 6.26. The maximum Gasteiger partial charge on any atom is 0.277 e. The SMILES string of the molecule is O=C(Nc1ncn(Cc2ccc(F)cc2)n1)c1[nH]ncc1I. The summed E-state index contributed by atoms with van der Waals surface area (Å²) in [5.74, 6) is -0.455. The predicted molar refractivity (Wildman–Crippen MR) is 84.8 cm³/mol. The third kappa shape index (κ3) is 3.30. The molecule has 3 aromatic rings. The van der Waals surface area contributed by atoms with E-state index >= 15 is 0 Å². The van der Waals surface area contributed by atoms with Crippen molar-refractivity contribution in [2.45, 2.75) is 6.54 Å². The fourth-order valence-corrected chi connectivity index (χ4v) is 2.30. The number of nitrogens with one attached hydrogen (secondary N) is 2. The number of hydrogen-bond acceptors (Lipinski definition) is 4. The Kier molecular flexibility index (Phi) is 4.13. The van der Waals surface area contributed by atoms with Gasteiger partial charge < -0.3 is 0 Å². The van der Waals surface area contributed by atoms with Gasteiger partial charge in [-0.3, -0.25) is 15.2 Å². The van der Waals surface area contributed by atoms with E-state index in [0.29, 0.717) is 15.8 Å². The maximum atomic E-state index is 12.8. The molecular weight excluding hydrogens is 402 g/mol. The first-order valence-corrected chi connectivity index (χ1v) is 7.34. The van der Waals surface area contributed by atoms with Gasteiger partial charge in [0.15, 0.2) is 0 Å². The van der Waals surface area contributed by atoms with E-state index in [-0.39, 0.29) is 17.7 Å². The Hall–Kier alpha value is -2.30. The van der Waals surface area contributed by atoms with Crippen LogP contribution in [0.5, 0.6) is 0 Å². The molecule has 3 rings (SSSR count). The van der Waals surface area contributed by atoms with Crippen molar-refractivity contribution in [1.82, 2.24) is 25.0 Å². The largest absolute Gasteiger partial charge is 0.288 e. The van der Waals surface area contributed by atoms with Gasteiger partial charge in [-0.15, -0.1) is 5.10 Å². The summed E-state index contributed by atoms with van der Waals surface area (Å²) in [5, 5.41) is 13.1. The summed E-state index contributed by atoms with van der Waals surface area (Å²) >= 11 is 2.01. The van der Waals surface area contributed by atoms with E-state index in [0.717, 1.165) is 5.56 Å². The van der Waals surface area contributed by atoms with Gasteiger partial charge in [-0.25, -0.2) is 14.1 Å². The molecule has 2 N–H and O–H groups in total. The maximum absolute atomic E-state index is 12.8. The minimum atomic E-state index is -0.360. The number of carbonyl (C=O) groups excluding carboxylic acids is 1. The van der Waals surface area contributed by atoms with Gasteiger partial charge in [-0.05, 0) is 40.3 Å². The number of anilines is 1. The van der Waals surface area contributed by atoms with Crippen molar-refractivity contribution in [2.75, 3.05) is 5.32 Å². The van der Waals surface area contributed by atoms with Gasteiger partial charge in [0.1, 0.15) is 17.8 Å². The number of H-pyrrole nitrogens is 1. The van der Waals surface area contributed by atoms with Crippen molar-refractivity contribution in [3.05, 3.63) is 57.4 Å². The Balaban J connectivity index is 1.67. The van der Waals surface area contributed by atoms with Gasteiger partial charge in [0.2, 0.25) is 5.95 Å². The molecule has 2 aromatic heterocycles. The number of aromatic amines is 1. The summed E-state index contributed by atoms with van der Waals surface area (Å²) in [6.45, 7) is 0.435. The molecule has 0 fully saturated rings. The van der Waals surface area contributed by atoms with Crippen LogP contribution in [0.3, 0.4) is 0 Å². The van der Waals surface area contributed by atoms with Gasteiger partial charge in [0.05, 0.1) is 16.3 Å². The second-order valence-corrected chi connectivity index (χ2v) is 5.60. The Labute approximate surface area is 138 Å². The quantitative estimate of drug-likeness (QED) is 0.643. The van der Waals surface area contributed by atoms with E-state index in [4.69, 9.17) is 0 Å². The van der Waals surface area contributed by atoms with Gasteiger partial charge in [-0.2, -0.15) is 5.10 Å². The molecule has 0 saturated carbocycles. The molecule has 1 amide bonds. The number of halogens is 2. The van der Waals surface area contributed by atoms with Crippen LogP contribution in [0.25, 0.3) is 0 Å². The summed E-state index contributed by atoms with van der Waals surface area (Å²) in [6.07, 6.45) is 3.05. The average molecular weight is 412 g/mol. The van der Waals surface area contributed by atoms with Gasteiger partial charge >= 0.3 is 0 Å². The number of rotatable bonds is 4. The number of amides is 1. The summed E-state index contributed by atoms with van der Waals surface area (Å²) < 4.78 is 15.1. The van der Waals surface area contributed by atoms with Crippen LogP contribution >= 0.6 is 22.6 Å². The predicted octanol–water partition coefficient (Wildman–Crippen LogP) is 2.05. The molecular formula is C13H10FIN6O. The molecule has 7 nitrogen and oxygen atoms in total. The number of benzene rings is 1. The Bertz CT molecular complexity index is 797. The molecule has 9 heteroatoms. The molecule has 0 aliphatic rings. The molecule has 0 atom stereocenters. The average Bonchev–Trinajstić information content (AvgIpc) is 3.10. The molecule has 0 saturated heterocycles. The molecule has 0 spiro atoms. The Morgan fingerprint density at radius 3 is 2.82 bits per heavy atom. The fourth-order valence-electron chi connectivity index (χ4n) is 1.80. The second-order valence-electron chi connectivity index (χ2n) is 4.44. The number of nitrogens with zero attached hydrogens (tertiary/aromatic N) is 4. The van der Waals surface area contributed by atoms with E-state index in [9.17, 15) is 9.18 Å². The van der Waals surface area contributed by atoms with Crippen molar-refractivity contribution in [1.29, 1.82) is 0 Å². The molecule has 2 heterocycles. The molecule has 0 unspecified atom stereocenters. The van der Waals surface area contributed by atoms with Gasteiger partial charge in [0, 0.05) is 0 Å². The van der Waals surface area contributed by atoms with Crippen molar-refractivity contribution in [3.63, 3.8) is 0 Å². The topological polar surface area (TPSA) is 88.5 Å².